The van der Waals surface area contributed by atoms with Gasteiger partial charge in [-0.1, -0.05) is 12.1 Å². The number of likely N-dealkylation sites (N-methyl/N-ethyl adjacent to an activating group) is 1. The van der Waals surface area contributed by atoms with Crippen molar-refractivity contribution < 1.29 is 4.74 Å². The molecule has 134 valence electrons. The van der Waals surface area contributed by atoms with E-state index in [4.69, 9.17) is 9.72 Å². The Balaban J connectivity index is 1.58. The van der Waals surface area contributed by atoms with Gasteiger partial charge in [0.1, 0.15) is 11.3 Å². The zero-order valence-corrected chi connectivity index (χ0v) is 15.4. The lowest BCUT2D eigenvalue weighted by Crippen LogP contribution is -2.43. The molecule has 1 aliphatic rings. The normalized spacial score (nSPS) is 16.1. The molecule has 0 amide bonds. The number of hydrogen-bond acceptors (Lipinski definition) is 5. The van der Waals surface area contributed by atoms with E-state index < -0.39 is 0 Å². The number of aromatic nitrogens is 2. The number of benzene rings is 1. The third kappa shape index (κ3) is 3.41. The summed E-state index contributed by atoms with van der Waals surface area (Å²) >= 11 is 0. The van der Waals surface area contributed by atoms with Crippen molar-refractivity contribution in [2.45, 2.75) is 6.54 Å². The van der Waals surface area contributed by atoms with Gasteiger partial charge in [0.05, 0.1) is 12.8 Å². The molecule has 3 heterocycles. The number of piperazine rings is 1. The fourth-order valence-corrected chi connectivity index (χ4v) is 3.48. The number of rotatable bonds is 4. The van der Waals surface area contributed by atoms with E-state index in [1.807, 2.05) is 18.3 Å². The Morgan fingerprint density at radius 3 is 2.58 bits per heavy atom. The third-order valence-corrected chi connectivity index (χ3v) is 5.06. The summed E-state index contributed by atoms with van der Waals surface area (Å²) in [6.45, 7) is 5.47. The van der Waals surface area contributed by atoms with Gasteiger partial charge in [-0.05, 0) is 36.9 Å². The van der Waals surface area contributed by atoms with Gasteiger partial charge >= 0.3 is 0 Å². The Hall–Kier alpha value is -2.50. The van der Waals surface area contributed by atoms with Crippen molar-refractivity contribution in [2.24, 2.45) is 0 Å². The van der Waals surface area contributed by atoms with Gasteiger partial charge in [-0.15, -0.1) is 0 Å². The minimum atomic E-state index is 0.788. The second kappa shape index (κ2) is 7.40. The van der Waals surface area contributed by atoms with E-state index >= 15 is 0 Å². The summed E-state index contributed by atoms with van der Waals surface area (Å²) in [6.07, 6.45) is 3.79. The van der Waals surface area contributed by atoms with Crippen LogP contribution in [0.25, 0.3) is 22.2 Å². The first-order valence-electron chi connectivity index (χ1n) is 9.02. The molecule has 5 nitrogen and oxygen atoms in total. The highest BCUT2D eigenvalue weighted by atomic mass is 16.5. The topological polar surface area (TPSA) is 41.5 Å². The molecule has 26 heavy (non-hydrogen) atoms. The average molecular weight is 348 g/mol. The Kier molecular flexibility index (Phi) is 4.82. The highest BCUT2D eigenvalue weighted by molar-refractivity contribution is 5.96. The molecule has 0 aliphatic carbocycles. The van der Waals surface area contributed by atoms with Crippen molar-refractivity contribution in [3.05, 3.63) is 54.4 Å². The molecule has 0 bridgehead atoms. The van der Waals surface area contributed by atoms with Gasteiger partial charge in [0, 0.05) is 56.1 Å². The molecule has 4 rings (SSSR count). The highest BCUT2D eigenvalue weighted by Crippen LogP contribution is 2.32. The third-order valence-electron chi connectivity index (χ3n) is 5.06. The average Bonchev–Trinajstić information content (AvgIpc) is 2.69. The zero-order chi connectivity index (χ0) is 17.9. The first-order valence-corrected chi connectivity index (χ1v) is 9.02. The van der Waals surface area contributed by atoms with Gasteiger partial charge in [-0.2, -0.15) is 0 Å². The monoisotopic (exact) mass is 348 g/mol. The molecule has 0 radical (unpaired) electrons. The smallest absolute Gasteiger partial charge is 0.145 e. The number of methoxy groups -OCH3 is 1. The second-order valence-corrected chi connectivity index (χ2v) is 6.85. The van der Waals surface area contributed by atoms with Crippen molar-refractivity contribution in [1.82, 2.24) is 19.8 Å². The summed E-state index contributed by atoms with van der Waals surface area (Å²) in [5.74, 6) is 0.788. The standard InChI is InChI=1S/C21H24N4O/c1-24-10-12-25(13-11-24)15-16-5-7-19(23-14-16)17-6-8-20(26-2)21-18(17)4-3-9-22-21/h3-9,14H,10-13,15H2,1-2H3. The zero-order valence-electron chi connectivity index (χ0n) is 15.4. The van der Waals surface area contributed by atoms with E-state index in [1.165, 1.54) is 5.56 Å². The lowest BCUT2D eigenvalue weighted by Gasteiger charge is -2.32. The minimum Gasteiger partial charge on any atom is -0.494 e. The van der Waals surface area contributed by atoms with Gasteiger partial charge in [0.2, 0.25) is 0 Å². The highest BCUT2D eigenvalue weighted by Gasteiger charge is 2.14. The second-order valence-electron chi connectivity index (χ2n) is 6.85. The first-order chi connectivity index (χ1) is 12.7. The minimum absolute atomic E-state index is 0.788. The van der Waals surface area contributed by atoms with Crippen LogP contribution in [0.2, 0.25) is 0 Å². The number of pyridine rings is 2. The van der Waals surface area contributed by atoms with Gasteiger partial charge in [0.15, 0.2) is 0 Å². The van der Waals surface area contributed by atoms with E-state index in [0.29, 0.717) is 0 Å². The van der Waals surface area contributed by atoms with Crippen molar-refractivity contribution in [3.8, 4) is 17.0 Å². The summed E-state index contributed by atoms with van der Waals surface area (Å²) in [5, 5.41) is 1.06. The number of nitrogens with zero attached hydrogens (tertiary/aromatic N) is 4. The molecule has 1 aromatic carbocycles. The number of fused-ring (bicyclic) bond motifs is 1. The van der Waals surface area contributed by atoms with Crippen LogP contribution in [0.15, 0.2) is 48.8 Å². The van der Waals surface area contributed by atoms with E-state index in [-0.39, 0.29) is 0 Å². The van der Waals surface area contributed by atoms with Gasteiger partial charge < -0.3 is 9.64 Å². The summed E-state index contributed by atoms with van der Waals surface area (Å²) in [7, 11) is 3.86. The molecule has 1 fully saturated rings. The molecule has 0 unspecified atom stereocenters. The van der Waals surface area contributed by atoms with Gasteiger partial charge in [-0.3, -0.25) is 14.9 Å². The van der Waals surface area contributed by atoms with Gasteiger partial charge in [0.25, 0.3) is 0 Å². The Morgan fingerprint density at radius 1 is 1.00 bits per heavy atom. The van der Waals surface area contributed by atoms with Crippen molar-refractivity contribution >= 4 is 10.9 Å². The van der Waals surface area contributed by atoms with Crippen molar-refractivity contribution in [1.29, 1.82) is 0 Å². The number of ether oxygens (including phenoxy) is 1. The lowest BCUT2D eigenvalue weighted by molar-refractivity contribution is 0.148. The predicted molar refractivity (Wildman–Crippen MR) is 104 cm³/mol. The Labute approximate surface area is 154 Å². The molecule has 0 N–H and O–H groups in total. The SMILES string of the molecule is COc1ccc(-c2ccc(CN3CCN(C)CC3)cn2)c2cccnc12. The lowest BCUT2D eigenvalue weighted by atomic mass is 10.0. The summed E-state index contributed by atoms with van der Waals surface area (Å²) in [4.78, 5) is 14.1. The van der Waals surface area contributed by atoms with Crippen LogP contribution < -0.4 is 4.74 Å². The molecule has 2 aromatic heterocycles. The van der Waals surface area contributed by atoms with Crippen LogP contribution in [0.4, 0.5) is 0 Å². The van der Waals surface area contributed by atoms with Crippen LogP contribution in [0.1, 0.15) is 5.56 Å². The van der Waals surface area contributed by atoms with Crippen LogP contribution in [0, 0.1) is 0 Å². The van der Waals surface area contributed by atoms with E-state index in [0.717, 1.165) is 60.6 Å². The van der Waals surface area contributed by atoms with Crippen LogP contribution in [-0.2, 0) is 6.54 Å². The van der Waals surface area contributed by atoms with Crippen molar-refractivity contribution in [3.63, 3.8) is 0 Å². The van der Waals surface area contributed by atoms with Crippen molar-refractivity contribution in [2.75, 3.05) is 40.3 Å². The van der Waals surface area contributed by atoms with E-state index in [9.17, 15) is 0 Å². The Bertz CT molecular complexity index is 886. The molecular formula is C21H24N4O. The quantitative estimate of drug-likeness (QED) is 0.725. The first kappa shape index (κ1) is 16.9. The summed E-state index contributed by atoms with van der Waals surface area (Å²) in [6, 6.07) is 12.3. The Morgan fingerprint density at radius 2 is 1.85 bits per heavy atom. The largest absolute Gasteiger partial charge is 0.494 e. The van der Waals surface area contributed by atoms with Crippen LogP contribution in [0.3, 0.4) is 0 Å². The summed E-state index contributed by atoms with van der Waals surface area (Å²) < 4.78 is 5.44. The molecule has 3 aromatic rings. The van der Waals surface area contributed by atoms with Crippen LogP contribution in [0.5, 0.6) is 5.75 Å². The van der Waals surface area contributed by atoms with E-state index in [2.05, 4.69) is 46.1 Å². The predicted octanol–water partition coefficient (Wildman–Crippen LogP) is 3.05. The molecule has 0 atom stereocenters. The molecule has 0 spiro atoms. The molecular weight excluding hydrogens is 324 g/mol. The maximum atomic E-state index is 5.44. The van der Waals surface area contributed by atoms with Crippen LogP contribution in [-0.4, -0.2) is 60.1 Å². The fourth-order valence-electron chi connectivity index (χ4n) is 3.48. The molecule has 1 aliphatic heterocycles. The molecule has 0 saturated carbocycles. The summed E-state index contributed by atoms with van der Waals surface area (Å²) in [5.41, 5.74) is 4.18. The van der Waals surface area contributed by atoms with Crippen LogP contribution >= 0.6 is 0 Å². The number of hydrogen-bond donors (Lipinski definition) is 0. The molecule has 1 saturated heterocycles. The van der Waals surface area contributed by atoms with E-state index in [1.54, 1.807) is 13.3 Å². The molecule has 5 heteroatoms. The maximum Gasteiger partial charge on any atom is 0.145 e. The van der Waals surface area contributed by atoms with Gasteiger partial charge in [-0.25, -0.2) is 0 Å². The fraction of sp³-hybridized carbons (Fsp3) is 0.333. The maximum absolute atomic E-state index is 5.44.